The van der Waals surface area contributed by atoms with Crippen molar-refractivity contribution in [3.63, 3.8) is 0 Å². The molecule has 4 unspecified atom stereocenters. The van der Waals surface area contributed by atoms with Gasteiger partial charge >= 0.3 is 0 Å². The Morgan fingerprint density at radius 1 is 0.357 bits per heavy atom. The molecule has 28 heavy (non-hydrogen) atoms. The highest BCUT2D eigenvalue weighted by Gasteiger charge is 2.23. The molecule has 0 aromatic carbocycles. The van der Waals surface area contributed by atoms with Gasteiger partial charge in [-0.2, -0.15) is 0 Å². The van der Waals surface area contributed by atoms with E-state index in [0.717, 1.165) is 23.7 Å². The molecular formula is C28H52. The summed E-state index contributed by atoms with van der Waals surface area (Å²) in [5.41, 5.74) is 0. The van der Waals surface area contributed by atoms with E-state index in [4.69, 9.17) is 0 Å². The van der Waals surface area contributed by atoms with Crippen molar-refractivity contribution in [2.45, 2.75) is 130 Å². The summed E-state index contributed by atoms with van der Waals surface area (Å²) in [6.07, 6.45) is 32.9. The summed E-state index contributed by atoms with van der Waals surface area (Å²) in [7, 11) is 0. The fourth-order valence-corrected chi connectivity index (χ4v) is 4.90. The number of hydrogen-bond donors (Lipinski definition) is 0. The van der Waals surface area contributed by atoms with E-state index in [1.165, 1.54) is 103 Å². The Hall–Kier alpha value is -0.520. The zero-order chi connectivity index (χ0) is 20.5. The van der Waals surface area contributed by atoms with E-state index in [2.05, 4.69) is 52.0 Å². The summed E-state index contributed by atoms with van der Waals surface area (Å²) >= 11 is 0. The maximum Gasteiger partial charge on any atom is -0.0170 e. The van der Waals surface area contributed by atoms with Crippen molar-refractivity contribution >= 4 is 0 Å². The Bertz CT molecular complexity index is 317. The van der Waals surface area contributed by atoms with Gasteiger partial charge in [-0.25, -0.2) is 0 Å². The molecule has 4 atom stereocenters. The third kappa shape index (κ3) is 10.9. The number of allylic oxidation sites excluding steroid dienone is 4. The molecule has 1 aliphatic carbocycles. The third-order valence-corrected chi connectivity index (χ3v) is 6.87. The predicted octanol–water partition coefficient (Wildman–Crippen LogP) is 9.90. The molecule has 0 aromatic heterocycles. The molecule has 0 saturated carbocycles. The van der Waals surface area contributed by atoms with Crippen molar-refractivity contribution in [1.29, 1.82) is 0 Å². The normalized spacial score (nSPS) is 25.0. The summed E-state index contributed by atoms with van der Waals surface area (Å²) in [5, 5.41) is 0. The zero-order valence-electron chi connectivity index (χ0n) is 19.9. The molecule has 0 spiro atoms. The maximum absolute atomic E-state index is 2.68. The van der Waals surface area contributed by atoms with E-state index < -0.39 is 0 Å². The van der Waals surface area contributed by atoms with Gasteiger partial charge in [0.2, 0.25) is 0 Å². The lowest BCUT2D eigenvalue weighted by Crippen LogP contribution is -2.18. The van der Waals surface area contributed by atoms with Gasteiger partial charge in [0.15, 0.2) is 0 Å². The van der Waals surface area contributed by atoms with Gasteiger partial charge in [-0.05, 0) is 49.4 Å². The molecule has 1 aliphatic rings. The Balaban J connectivity index is 2.85. The topological polar surface area (TPSA) is 0 Å². The zero-order valence-corrected chi connectivity index (χ0v) is 19.9. The molecule has 0 fully saturated rings. The van der Waals surface area contributed by atoms with Crippen LogP contribution in [0.3, 0.4) is 0 Å². The SMILES string of the molecule is CCCCCC1C=CC(CCCCC)C(CCCCC)C=CC1CCCCC. The second-order valence-corrected chi connectivity index (χ2v) is 9.41. The molecular weight excluding hydrogens is 336 g/mol. The summed E-state index contributed by atoms with van der Waals surface area (Å²) < 4.78 is 0. The van der Waals surface area contributed by atoms with Crippen molar-refractivity contribution in [3.05, 3.63) is 24.3 Å². The lowest BCUT2D eigenvalue weighted by Gasteiger charge is -2.29. The van der Waals surface area contributed by atoms with Crippen LogP contribution in [-0.2, 0) is 0 Å². The van der Waals surface area contributed by atoms with Crippen molar-refractivity contribution in [2.24, 2.45) is 23.7 Å². The monoisotopic (exact) mass is 388 g/mol. The average Bonchev–Trinajstić information content (AvgIpc) is 2.69. The summed E-state index contributed by atoms with van der Waals surface area (Å²) in [6.45, 7) is 9.32. The van der Waals surface area contributed by atoms with Gasteiger partial charge in [0.1, 0.15) is 0 Å². The molecule has 0 radical (unpaired) electrons. The Labute approximate surface area is 178 Å². The van der Waals surface area contributed by atoms with Gasteiger partial charge in [-0.3, -0.25) is 0 Å². The highest BCUT2D eigenvalue weighted by Crippen LogP contribution is 2.35. The number of unbranched alkanes of at least 4 members (excludes halogenated alkanes) is 8. The van der Waals surface area contributed by atoms with Crippen LogP contribution in [-0.4, -0.2) is 0 Å². The first kappa shape index (κ1) is 25.5. The van der Waals surface area contributed by atoms with Crippen LogP contribution < -0.4 is 0 Å². The van der Waals surface area contributed by atoms with E-state index >= 15 is 0 Å². The van der Waals surface area contributed by atoms with Gasteiger partial charge < -0.3 is 0 Å². The van der Waals surface area contributed by atoms with E-state index in [-0.39, 0.29) is 0 Å². The van der Waals surface area contributed by atoms with Crippen LogP contribution in [0.15, 0.2) is 24.3 Å². The van der Waals surface area contributed by atoms with Crippen LogP contribution in [0.25, 0.3) is 0 Å². The van der Waals surface area contributed by atoms with Gasteiger partial charge in [0.25, 0.3) is 0 Å². The summed E-state index contributed by atoms with van der Waals surface area (Å²) in [4.78, 5) is 0. The minimum atomic E-state index is 0.782. The first-order chi connectivity index (χ1) is 13.8. The Morgan fingerprint density at radius 3 is 0.750 bits per heavy atom. The van der Waals surface area contributed by atoms with Gasteiger partial charge in [0.05, 0.1) is 0 Å². The second kappa shape index (κ2) is 17.3. The highest BCUT2D eigenvalue weighted by molar-refractivity contribution is 5.09. The number of hydrogen-bond acceptors (Lipinski definition) is 0. The van der Waals surface area contributed by atoms with E-state index in [1.807, 2.05) is 0 Å². The van der Waals surface area contributed by atoms with Crippen molar-refractivity contribution in [2.75, 3.05) is 0 Å². The second-order valence-electron chi connectivity index (χ2n) is 9.41. The molecule has 0 aromatic rings. The minimum Gasteiger partial charge on any atom is -0.0845 e. The van der Waals surface area contributed by atoms with Crippen molar-refractivity contribution in [1.82, 2.24) is 0 Å². The molecule has 0 nitrogen and oxygen atoms in total. The lowest BCUT2D eigenvalue weighted by molar-refractivity contribution is 0.354. The molecule has 0 aliphatic heterocycles. The van der Waals surface area contributed by atoms with Crippen LogP contribution in [0.5, 0.6) is 0 Å². The lowest BCUT2D eigenvalue weighted by atomic mass is 9.76. The van der Waals surface area contributed by atoms with Crippen molar-refractivity contribution < 1.29 is 0 Å². The first-order valence-electron chi connectivity index (χ1n) is 13.1. The van der Waals surface area contributed by atoms with E-state index in [0.29, 0.717) is 0 Å². The van der Waals surface area contributed by atoms with E-state index in [1.54, 1.807) is 0 Å². The largest absolute Gasteiger partial charge is 0.0845 e. The standard InChI is InChI=1S/C28H52/c1-5-9-13-17-25-21-22-27(19-15-11-7-3)28(20-16-12-8-4)24-23-26(25)18-14-10-6-2/h21-28H,5-20H2,1-4H3. The van der Waals surface area contributed by atoms with Crippen LogP contribution in [0.1, 0.15) is 130 Å². The average molecular weight is 389 g/mol. The van der Waals surface area contributed by atoms with Crippen molar-refractivity contribution in [3.8, 4) is 0 Å². The summed E-state index contributed by atoms with van der Waals surface area (Å²) in [5.74, 6) is 3.13. The molecule has 1 rings (SSSR count). The minimum absolute atomic E-state index is 0.782. The molecule has 0 heterocycles. The molecule has 164 valence electrons. The fraction of sp³-hybridized carbons (Fsp3) is 0.857. The van der Waals surface area contributed by atoms with Gasteiger partial charge in [-0.1, -0.05) is 129 Å². The molecule has 0 bridgehead atoms. The highest BCUT2D eigenvalue weighted by atomic mass is 14.3. The summed E-state index contributed by atoms with van der Waals surface area (Å²) in [6, 6.07) is 0. The fourth-order valence-electron chi connectivity index (χ4n) is 4.90. The maximum atomic E-state index is 2.68. The predicted molar refractivity (Wildman–Crippen MR) is 129 cm³/mol. The Kier molecular flexibility index (Phi) is 15.8. The quantitative estimate of drug-likeness (QED) is 0.182. The van der Waals surface area contributed by atoms with Crippen LogP contribution in [0.2, 0.25) is 0 Å². The smallest absolute Gasteiger partial charge is 0.0170 e. The van der Waals surface area contributed by atoms with E-state index in [9.17, 15) is 0 Å². The van der Waals surface area contributed by atoms with Crippen LogP contribution in [0.4, 0.5) is 0 Å². The van der Waals surface area contributed by atoms with Crippen LogP contribution in [0, 0.1) is 23.7 Å². The Morgan fingerprint density at radius 2 is 0.571 bits per heavy atom. The number of rotatable bonds is 16. The molecule has 0 amide bonds. The van der Waals surface area contributed by atoms with Gasteiger partial charge in [-0.15, -0.1) is 0 Å². The molecule has 0 heteroatoms. The molecule has 0 saturated heterocycles. The van der Waals surface area contributed by atoms with Gasteiger partial charge in [0, 0.05) is 0 Å². The van der Waals surface area contributed by atoms with Crippen LogP contribution >= 0.6 is 0 Å². The first-order valence-corrected chi connectivity index (χ1v) is 13.1. The third-order valence-electron chi connectivity index (χ3n) is 6.87. The molecule has 0 N–H and O–H groups in total.